The molecule has 0 aliphatic carbocycles. The summed E-state index contributed by atoms with van der Waals surface area (Å²) in [5, 5.41) is 10.8. The maximum absolute atomic E-state index is 12.8. The Bertz CT molecular complexity index is 1190. The zero-order chi connectivity index (χ0) is 24.7. The van der Waals surface area contributed by atoms with Crippen LogP contribution in [-0.4, -0.2) is 68.3 Å². The normalized spacial score (nSPS) is 14.7. The third-order valence-electron chi connectivity index (χ3n) is 5.20. The van der Waals surface area contributed by atoms with Crippen molar-refractivity contribution in [2.75, 3.05) is 39.9 Å². The lowest BCUT2D eigenvalue weighted by atomic mass is 10.2. The highest BCUT2D eigenvalue weighted by Crippen LogP contribution is 2.28. The average molecular weight is 488 g/mol. The smallest absolute Gasteiger partial charge is 0.269 e. The molecule has 0 bridgehead atoms. The van der Waals surface area contributed by atoms with Gasteiger partial charge in [0.1, 0.15) is 6.61 Å². The van der Waals surface area contributed by atoms with Crippen molar-refractivity contribution in [3.05, 3.63) is 76.9 Å². The Kier molecular flexibility index (Phi) is 8.03. The number of sulfonamides is 1. The Morgan fingerprint density at radius 1 is 1.12 bits per heavy atom. The van der Waals surface area contributed by atoms with Crippen LogP contribution in [0.4, 0.5) is 5.69 Å². The summed E-state index contributed by atoms with van der Waals surface area (Å²) in [7, 11) is -2.28. The molecule has 0 unspecified atom stereocenters. The largest absolute Gasteiger partial charge is 0.493 e. The standard InChI is InChI=1S/C23H25N3O7S/c1-3-16-33-21-10-4-18(17-22(21)32-2)5-11-23(27)24-12-14-25(15-13-24)34(30,31)20-8-6-19(7-9-20)26(28)29/h3-11,17H,1,12-16H2,2H3/b11-5+. The molecule has 1 amide bonds. The molecule has 0 aromatic heterocycles. The fourth-order valence-electron chi connectivity index (χ4n) is 3.37. The van der Waals surface area contributed by atoms with Crippen LogP contribution in [-0.2, 0) is 14.8 Å². The van der Waals surface area contributed by atoms with E-state index in [1.165, 1.54) is 29.6 Å². The van der Waals surface area contributed by atoms with Crippen molar-refractivity contribution in [1.82, 2.24) is 9.21 Å². The zero-order valence-corrected chi connectivity index (χ0v) is 19.4. The van der Waals surface area contributed by atoms with Gasteiger partial charge in [-0.3, -0.25) is 14.9 Å². The Morgan fingerprint density at radius 2 is 1.79 bits per heavy atom. The van der Waals surface area contributed by atoms with Gasteiger partial charge in [0.15, 0.2) is 11.5 Å². The van der Waals surface area contributed by atoms with Gasteiger partial charge in [-0.1, -0.05) is 18.7 Å². The SMILES string of the molecule is C=CCOc1ccc(/C=C/C(=O)N2CCN(S(=O)(=O)c3ccc([N+](=O)[O-])cc3)CC2)cc1OC. The number of nitro benzene ring substituents is 1. The summed E-state index contributed by atoms with van der Waals surface area (Å²) in [6, 6.07) is 10.0. The van der Waals surface area contributed by atoms with E-state index in [1.807, 2.05) is 0 Å². The lowest BCUT2D eigenvalue weighted by Gasteiger charge is -2.33. The van der Waals surface area contributed by atoms with E-state index in [2.05, 4.69) is 6.58 Å². The Balaban J connectivity index is 1.60. The van der Waals surface area contributed by atoms with E-state index in [9.17, 15) is 23.3 Å². The number of benzene rings is 2. The molecule has 1 aliphatic rings. The molecule has 1 heterocycles. The molecule has 0 spiro atoms. The number of carbonyl (C=O) groups is 1. The Labute approximate surface area is 197 Å². The molecule has 11 heteroatoms. The Morgan fingerprint density at radius 3 is 2.38 bits per heavy atom. The average Bonchev–Trinajstić information content (AvgIpc) is 2.86. The number of amides is 1. The summed E-state index contributed by atoms with van der Waals surface area (Å²) in [4.78, 5) is 24.3. The molecule has 1 fully saturated rings. The second kappa shape index (κ2) is 10.9. The number of methoxy groups -OCH3 is 1. The molecule has 1 saturated heterocycles. The minimum absolute atomic E-state index is 0.0211. The van der Waals surface area contributed by atoms with Gasteiger partial charge < -0.3 is 14.4 Å². The molecule has 2 aromatic rings. The van der Waals surface area contributed by atoms with Crippen molar-refractivity contribution >= 4 is 27.7 Å². The van der Waals surface area contributed by atoms with Crippen LogP contribution in [0, 0.1) is 10.1 Å². The maximum Gasteiger partial charge on any atom is 0.269 e. The van der Waals surface area contributed by atoms with E-state index < -0.39 is 14.9 Å². The summed E-state index contributed by atoms with van der Waals surface area (Å²) in [6.07, 6.45) is 4.71. The first-order chi connectivity index (χ1) is 16.3. The van der Waals surface area contributed by atoms with E-state index in [1.54, 1.807) is 35.3 Å². The first-order valence-corrected chi connectivity index (χ1v) is 11.8. The number of piperazine rings is 1. The lowest BCUT2D eigenvalue weighted by Crippen LogP contribution is -2.50. The molecular formula is C23H25N3O7S. The van der Waals surface area contributed by atoms with Gasteiger partial charge >= 0.3 is 0 Å². The van der Waals surface area contributed by atoms with E-state index in [4.69, 9.17) is 9.47 Å². The molecule has 180 valence electrons. The summed E-state index contributed by atoms with van der Waals surface area (Å²) < 4.78 is 37.7. The highest BCUT2D eigenvalue weighted by molar-refractivity contribution is 7.89. The number of nitro groups is 1. The topological polar surface area (TPSA) is 119 Å². The molecule has 0 N–H and O–H groups in total. The first-order valence-electron chi connectivity index (χ1n) is 10.4. The van der Waals surface area contributed by atoms with Gasteiger partial charge in [-0.05, 0) is 35.9 Å². The first kappa shape index (κ1) is 24.9. The monoisotopic (exact) mass is 487 g/mol. The predicted molar refractivity (Wildman–Crippen MR) is 126 cm³/mol. The van der Waals surface area contributed by atoms with E-state index in [0.29, 0.717) is 18.1 Å². The molecule has 10 nitrogen and oxygen atoms in total. The van der Waals surface area contributed by atoms with Crippen LogP contribution in [0.25, 0.3) is 6.08 Å². The van der Waals surface area contributed by atoms with Crippen LogP contribution in [0.1, 0.15) is 5.56 Å². The van der Waals surface area contributed by atoms with Gasteiger partial charge in [-0.2, -0.15) is 4.31 Å². The second-order valence-electron chi connectivity index (χ2n) is 7.32. The quantitative estimate of drug-likeness (QED) is 0.231. The number of non-ortho nitro benzene ring substituents is 1. The van der Waals surface area contributed by atoms with Crippen molar-refractivity contribution < 1.29 is 27.6 Å². The van der Waals surface area contributed by atoms with Gasteiger partial charge in [0, 0.05) is 44.4 Å². The highest BCUT2D eigenvalue weighted by Gasteiger charge is 2.29. The van der Waals surface area contributed by atoms with Crippen LogP contribution in [0.15, 0.2) is 66.1 Å². The van der Waals surface area contributed by atoms with E-state index in [-0.39, 0.29) is 42.7 Å². The van der Waals surface area contributed by atoms with Crippen LogP contribution >= 0.6 is 0 Å². The second-order valence-corrected chi connectivity index (χ2v) is 9.26. The molecule has 0 radical (unpaired) electrons. The zero-order valence-electron chi connectivity index (χ0n) is 18.6. The van der Waals surface area contributed by atoms with Gasteiger partial charge in [0.05, 0.1) is 16.9 Å². The third-order valence-corrected chi connectivity index (χ3v) is 7.11. The summed E-state index contributed by atoms with van der Waals surface area (Å²) in [6.45, 7) is 4.66. The van der Waals surface area contributed by atoms with Gasteiger partial charge in [-0.25, -0.2) is 8.42 Å². The minimum atomic E-state index is -3.80. The number of ether oxygens (including phenoxy) is 2. The molecular weight excluding hydrogens is 462 g/mol. The molecule has 0 saturated carbocycles. The van der Waals surface area contributed by atoms with E-state index in [0.717, 1.165) is 17.7 Å². The van der Waals surface area contributed by atoms with Crippen molar-refractivity contribution in [1.29, 1.82) is 0 Å². The molecule has 2 aromatic carbocycles. The Hall–Kier alpha value is -3.70. The van der Waals surface area contributed by atoms with Crippen molar-refractivity contribution in [3.8, 4) is 11.5 Å². The number of nitrogens with zero attached hydrogens (tertiary/aromatic N) is 3. The minimum Gasteiger partial charge on any atom is -0.493 e. The fraction of sp³-hybridized carbons (Fsp3) is 0.261. The number of hydrogen-bond acceptors (Lipinski definition) is 7. The van der Waals surface area contributed by atoms with Gasteiger partial charge in [0.2, 0.25) is 15.9 Å². The lowest BCUT2D eigenvalue weighted by molar-refractivity contribution is -0.384. The fourth-order valence-corrected chi connectivity index (χ4v) is 4.79. The molecule has 34 heavy (non-hydrogen) atoms. The van der Waals surface area contributed by atoms with Crippen molar-refractivity contribution in [2.45, 2.75) is 4.90 Å². The highest BCUT2D eigenvalue weighted by atomic mass is 32.2. The predicted octanol–water partition coefficient (Wildman–Crippen LogP) is 2.71. The van der Waals surface area contributed by atoms with E-state index >= 15 is 0 Å². The van der Waals surface area contributed by atoms with Crippen molar-refractivity contribution in [2.24, 2.45) is 0 Å². The van der Waals surface area contributed by atoms with Crippen LogP contribution in [0.2, 0.25) is 0 Å². The molecule has 3 rings (SSSR count). The van der Waals surface area contributed by atoms with Gasteiger partial charge in [0.25, 0.3) is 5.69 Å². The molecule has 0 atom stereocenters. The van der Waals surface area contributed by atoms with Crippen LogP contribution in [0.3, 0.4) is 0 Å². The third kappa shape index (κ3) is 5.80. The summed E-state index contributed by atoms with van der Waals surface area (Å²) >= 11 is 0. The number of rotatable bonds is 9. The number of carbonyl (C=O) groups excluding carboxylic acids is 1. The van der Waals surface area contributed by atoms with Crippen LogP contribution < -0.4 is 9.47 Å². The number of hydrogen-bond donors (Lipinski definition) is 0. The van der Waals surface area contributed by atoms with Gasteiger partial charge in [-0.15, -0.1) is 0 Å². The maximum atomic E-state index is 12.8. The van der Waals surface area contributed by atoms with Crippen molar-refractivity contribution in [3.63, 3.8) is 0 Å². The molecule has 1 aliphatic heterocycles. The summed E-state index contributed by atoms with van der Waals surface area (Å²) in [5.74, 6) is 0.857. The van der Waals surface area contributed by atoms with Crippen LogP contribution in [0.5, 0.6) is 11.5 Å². The summed E-state index contributed by atoms with van der Waals surface area (Å²) in [5.41, 5.74) is 0.563.